The number of amides is 1. The Balaban J connectivity index is 2.42. The van der Waals surface area contributed by atoms with Gasteiger partial charge in [0, 0.05) is 3.57 Å². The number of hydrogen-bond acceptors (Lipinski definition) is 5. The van der Waals surface area contributed by atoms with Crippen molar-refractivity contribution in [2.45, 2.75) is 0 Å². The number of nitrogens with zero attached hydrogens (tertiary/aromatic N) is 1. The molecule has 0 aromatic heterocycles. The van der Waals surface area contributed by atoms with Crippen molar-refractivity contribution < 1.29 is 23.5 Å². The molecule has 25 heavy (non-hydrogen) atoms. The molecule has 0 aliphatic rings. The quantitative estimate of drug-likeness (QED) is 0.351. The molecule has 0 aliphatic carbocycles. The summed E-state index contributed by atoms with van der Waals surface area (Å²) >= 11 is 1.92. The van der Waals surface area contributed by atoms with Gasteiger partial charge in [-0.25, -0.2) is 14.3 Å². The lowest BCUT2D eigenvalue weighted by Gasteiger charge is -2.14. The van der Waals surface area contributed by atoms with Gasteiger partial charge in [0.25, 0.3) is 5.91 Å². The van der Waals surface area contributed by atoms with Crippen LogP contribution in [0.5, 0.6) is 0 Å². The van der Waals surface area contributed by atoms with Crippen LogP contribution in [0.15, 0.2) is 30.3 Å². The van der Waals surface area contributed by atoms with Gasteiger partial charge in [0.15, 0.2) is 5.82 Å². The summed E-state index contributed by atoms with van der Waals surface area (Å²) in [6.45, 7) is -0.472. The van der Waals surface area contributed by atoms with E-state index in [4.69, 9.17) is 15.2 Å². The molecule has 2 aromatic rings. The number of nitrogens with one attached hydrogen (secondary N) is 2. The van der Waals surface area contributed by atoms with E-state index < -0.39 is 17.5 Å². The molecule has 2 rings (SSSR count). The molecule has 0 unspecified atom stereocenters. The van der Waals surface area contributed by atoms with Gasteiger partial charge in [0.1, 0.15) is 11.9 Å². The summed E-state index contributed by atoms with van der Waals surface area (Å²) < 4.78 is 29.2. The summed E-state index contributed by atoms with van der Waals surface area (Å²) in [4.78, 5) is 16.8. The van der Waals surface area contributed by atoms with E-state index in [-0.39, 0.29) is 35.7 Å². The fourth-order valence-corrected chi connectivity index (χ4v) is 2.37. The third-order valence-corrected chi connectivity index (χ3v) is 3.73. The standard InChI is InChI=1S/C16H12F2IN3O3/c17-12-7-10(19)2-4-13(12)21-15-11(16(24)22-25-6-5-23)3-1-9(8-20)14(15)18/h1-4,7,21,23H,5-6H2,(H,22,24). The zero-order valence-electron chi connectivity index (χ0n) is 12.6. The highest BCUT2D eigenvalue weighted by molar-refractivity contribution is 14.1. The van der Waals surface area contributed by atoms with Crippen LogP contribution in [0.3, 0.4) is 0 Å². The molecule has 9 heteroatoms. The molecule has 1 amide bonds. The Bertz CT molecular complexity index is 840. The molecule has 0 atom stereocenters. The lowest BCUT2D eigenvalue weighted by atomic mass is 10.1. The van der Waals surface area contributed by atoms with E-state index in [2.05, 4.69) is 5.32 Å². The minimum Gasteiger partial charge on any atom is -0.394 e. The smallest absolute Gasteiger partial charge is 0.277 e. The maximum Gasteiger partial charge on any atom is 0.277 e. The molecular weight excluding hydrogens is 447 g/mol. The van der Waals surface area contributed by atoms with Crippen molar-refractivity contribution in [1.29, 1.82) is 5.26 Å². The molecule has 0 saturated carbocycles. The number of carbonyl (C=O) groups is 1. The monoisotopic (exact) mass is 459 g/mol. The third-order valence-electron chi connectivity index (χ3n) is 3.06. The van der Waals surface area contributed by atoms with Crippen LogP contribution in [-0.4, -0.2) is 24.2 Å². The molecule has 0 bridgehead atoms. The van der Waals surface area contributed by atoms with Gasteiger partial charge >= 0.3 is 0 Å². The number of nitriles is 1. The van der Waals surface area contributed by atoms with Crippen molar-refractivity contribution in [2.24, 2.45) is 0 Å². The number of hydrogen-bond donors (Lipinski definition) is 3. The normalized spacial score (nSPS) is 10.2. The van der Waals surface area contributed by atoms with Crippen LogP contribution >= 0.6 is 22.6 Å². The minimum atomic E-state index is -0.991. The second-order valence-corrected chi connectivity index (χ2v) is 5.96. The molecule has 3 N–H and O–H groups in total. The molecule has 0 radical (unpaired) electrons. The number of carbonyl (C=O) groups excluding carboxylic acids is 1. The Morgan fingerprint density at radius 2 is 2.08 bits per heavy atom. The third kappa shape index (κ3) is 4.62. The van der Waals surface area contributed by atoms with Crippen molar-refractivity contribution in [1.82, 2.24) is 5.48 Å². The van der Waals surface area contributed by atoms with E-state index >= 15 is 0 Å². The number of rotatable bonds is 6. The van der Waals surface area contributed by atoms with Gasteiger partial charge < -0.3 is 10.4 Å². The summed E-state index contributed by atoms with van der Waals surface area (Å²) in [6, 6.07) is 8.23. The first-order valence-corrected chi connectivity index (χ1v) is 8.03. The fraction of sp³-hybridized carbons (Fsp3) is 0.125. The lowest BCUT2D eigenvalue weighted by molar-refractivity contribution is 0.0168. The van der Waals surface area contributed by atoms with Gasteiger partial charge in [-0.15, -0.1) is 0 Å². The van der Waals surface area contributed by atoms with Crippen LogP contribution in [0.25, 0.3) is 0 Å². The number of anilines is 2. The van der Waals surface area contributed by atoms with E-state index in [1.807, 2.05) is 28.1 Å². The SMILES string of the molecule is N#Cc1ccc(C(=O)NOCCO)c(Nc2ccc(I)cc2F)c1F. The summed E-state index contributed by atoms with van der Waals surface area (Å²) in [5.74, 6) is -2.45. The van der Waals surface area contributed by atoms with Crippen LogP contribution in [0.1, 0.15) is 15.9 Å². The van der Waals surface area contributed by atoms with Gasteiger partial charge in [-0.3, -0.25) is 9.63 Å². The second-order valence-electron chi connectivity index (χ2n) is 4.71. The van der Waals surface area contributed by atoms with Gasteiger partial charge in [0.05, 0.1) is 35.7 Å². The maximum absolute atomic E-state index is 14.5. The predicted octanol–water partition coefficient (Wildman–Crippen LogP) is 2.84. The van der Waals surface area contributed by atoms with Crippen LogP contribution in [-0.2, 0) is 4.84 Å². The molecule has 0 heterocycles. The number of hydroxylamine groups is 1. The van der Waals surface area contributed by atoms with Crippen molar-refractivity contribution in [3.63, 3.8) is 0 Å². The van der Waals surface area contributed by atoms with E-state index in [0.29, 0.717) is 3.57 Å². The topological polar surface area (TPSA) is 94.4 Å². The number of aliphatic hydroxyl groups excluding tert-OH is 1. The minimum absolute atomic E-state index is 0.0558. The first kappa shape index (κ1) is 19.0. The number of aliphatic hydroxyl groups is 1. The van der Waals surface area contributed by atoms with E-state index in [1.165, 1.54) is 18.2 Å². The zero-order valence-corrected chi connectivity index (χ0v) is 14.8. The van der Waals surface area contributed by atoms with Gasteiger partial charge in [-0.2, -0.15) is 5.26 Å². The Morgan fingerprint density at radius 3 is 2.72 bits per heavy atom. The summed E-state index contributed by atoms with van der Waals surface area (Å²) in [5, 5.41) is 20.1. The molecule has 0 saturated heterocycles. The average molecular weight is 459 g/mol. The molecule has 2 aromatic carbocycles. The predicted molar refractivity (Wildman–Crippen MR) is 94.0 cm³/mol. The number of benzene rings is 2. The molecule has 6 nitrogen and oxygen atoms in total. The first-order valence-electron chi connectivity index (χ1n) is 6.95. The first-order chi connectivity index (χ1) is 12.0. The van der Waals surface area contributed by atoms with Gasteiger partial charge in [0.2, 0.25) is 0 Å². The van der Waals surface area contributed by atoms with Gasteiger partial charge in [-0.1, -0.05) is 0 Å². The number of halogens is 3. The van der Waals surface area contributed by atoms with Crippen LogP contribution < -0.4 is 10.8 Å². The highest BCUT2D eigenvalue weighted by Crippen LogP contribution is 2.28. The van der Waals surface area contributed by atoms with Crippen molar-refractivity contribution >= 4 is 39.9 Å². The Hall–Kier alpha value is -2.29. The van der Waals surface area contributed by atoms with Crippen molar-refractivity contribution in [3.05, 3.63) is 56.7 Å². The van der Waals surface area contributed by atoms with E-state index in [0.717, 1.165) is 6.07 Å². The van der Waals surface area contributed by atoms with Gasteiger partial charge in [-0.05, 0) is 52.9 Å². The molecular formula is C16H12F2IN3O3. The Labute approximate surface area is 155 Å². The fourth-order valence-electron chi connectivity index (χ4n) is 1.92. The van der Waals surface area contributed by atoms with E-state index in [9.17, 15) is 13.6 Å². The highest BCUT2D eigenvalue weighted by Gasteiger charge is 2.20. The summed E-state index contributed by atoms with van der Waals surface area (Å²) in [5.41, 5.74) is 1.13. The summed E-state index contributed by atoms with van der Waals surface area (Å²) in [6.07, 6.45) is 0. The van der Waals surface area contributed by atoms with E-state index in [1.54, 1.807) is 12.1 Å². The Kier molecular flexibility index (Phi) is 6.63. The molecule has 130 valence electrons. The maximum atomic E-state index is 14.5. The lowest BCUT2D eigenvalue weighted by Crippen LogP contribution is -2.26. The molecule has 0 fully saturated rings. The summed E-state index contributed by atoms with van der Waals surface area (Å²) in [7, 11) is 0. The average Bonchev–Trinajstić information content (AvgIpc) is 2.58. The van der Waals surface area contributed by atoms with Crippen molar-refractivity contribution in [2.75, 3.05) is 18.5 Å². The largest absolute Gasteiger partial charge is 0.394 e. The molecule has 0 aliphatic heterocycles. The highest BCUT2D eigenvalue weighted by atomic mass is 127. The van der Waals surface area contributed by atoms with Crippen LogP contribution in [0.2, 0.25) is 0 Å². The van der Waals surface area contributed by atoms with Crippen LogP contribution in [0.4, 0.5) is 20.2 Å². The second kappa shape index (κ2) is 8.70. The Morgan fingerprint density at radius 1 is 1.32 bits per heavy atom. The zero-order chi connectivity index (χ0) is 18.4. The van der Waals surface area contributed by atoms with Crippen LogP contribution in [0, 0.1) is 26.5 Å². The van der Waals surface area contributed by atoms with Crippen molar-refractivity contribution in [3.8, 4) is 6.07 Å². The molecule has 0 spiro atoms.